The van der Waals surface area contributed by atoms with Crippen LogP contribution in [0.1, 0.15) is 22.3 Å². The van der Waals surface area contributed by atoms with Gasteiger partial charge in [0.2, 0.25) is 0 Å². The van der Waals surface area contributed by atoms with Gasteiger partial charge in [-0.05, 0) is 85.8 Å². The van der Waals surface area contributed by atoms with Crippen LogP contribution in [-0.2, 0) is 5.41 Å². The van der Waals surface area contributed by atoms with Crippen molar-refractivity contribution >= 4 is 38.5 Å². The lowest BCUT2D eigenvalue weighted by Crippen LogP contribution is -2.26. The van der Waals surface area contributed by atoms with E-state index in [1.165, 1.54) is 81.8 Å². The highest BCUT2D eigenvalue weighted by Crippen LogP contribution is 2.67. The Labute approximate surface area is 313 Å². The van der Waals surface area contributed by atoms with Gasteiger partial charge in [-0.1, -0.05) is 170 Å². The quantitative estimate of drug-likeness (QED) is 0.174. The number of fused-ring (bicyclic) bond motifs is 12. The Kier molecular flexibility index (Phi) is 6.71. The van der Waals surface area contributed by atoms with Gasteiger partial charge >= 0.3 is 0 Å². The predicted molar refractivity (Wildman–Crippen MR) is 224 cm³/mol. The summed E-state index contributed by atoms with van der Waals surface area (Å²) in [6.07, 6.45) is 0. The third kappa shape index (κ3) is 4.30. The van der Waals surface area contributed by atoms with Gasteiger partial charge in [0.1, 0.15) is 0 Å². The van der Waals surface area contributed by atoms with E-state index in [0.717, 1.165) is 11.4 Å². The van der Waals surface area contributed by atoms with Gasteiger partial charge in [-0.15, -0.1) is 11.3 Å². The maximum Gasteiger partial charge on any atom is 0.0740 e. The van der Waals surface area contributed by atoms with Crippen LogP contribution in [0.15, 0.2) is 200 Å². The monoisotopic (exact) mass is 691 g/mol. The summed E-state index contributed by atoms with van der Waals surface area (Å²) in [4.78, 5) is 3.86. The van der Waals surface area contributed by atoms with Gasteiger partial charge in [-0.25, -0.2) is 0 Å². The fraction of sp³-hybridized carbons (Fsp3) is 0.0196. The Morgan fingerprint density at radius 1 is 0.377 bits per heavy atom. The van der Waals surface area contributed by atoms with Crippen LogP contribution in [0.4, 0.5) is 17.1 Å². The minimum absolute atomic E-state index is 0.435. The Balaban J connectivity index is 1.24. The molecule has 2 aliphatic rings. The zero-order valence-electron chi connectivity index (χ0n) is 28.9. The zero-order valence-corrected chi connectivity index (χ0v) is 29.7. The molecule has 1 spiro atoms. The van der Waals surface area contributed by atoms with E-state index in [1.807, 2.05) is 11.3 Å². The molecule has 1 heterocycles. The van der Waals surface area contributed by atoms with E-state index >= 15 is 0 Å². The molecule has 0 fully saturated rings. The van der Waals surface area contributed by atoms with E-state index in [9.17, 15) is 0 Å². The number of rotatable bonds is 5. The van der Waals surface area contributed by atoms with Crippen LogP contribution in [0.3, 0.4) is 0 Å². The van der Waals surface area contributed by atoms with Crippen LogP contribution in [0.5, 0.6) is 0 Å². The van der Waals surface area contributed by atoms with Crippen LogP contribution in [0.25, 0.3) is 53.9 Å². The molecule has 0 saturated heterocycles. The number of anilines is 3. The summed E-state index contributed by atoms with van der Waals surface area (Å²) in [5.41, 5.74) is 17.3. The maximum atomic E-state index is 2.51. The molecule has 1 aromatic heterocycles. The highest BCUT2D eigenvalue weighted by atomic mass is 32.1. The minimum Gasteiger partial charge on any atom is -0.309 e. The van der Waals surface area contributed by atoms with Crippen molar-refractivity contribution in [3.63, 3.8) is 0 Å². The molecule has 0 radical (unpaired) electrons. The minimum atomic E-state index is -0.435. The molecule has 0 bridgehead atoms. The normalized spacial score (nSPS) is 13.1. The molecule has 0 saturated carbocycles. The Hall–Kier alpha value is -6.48. The van der Waals surface area contributed by atoms with Gasteiger partial charge < -0.3 is 4.90 Å². The second-order valence-electron chi connectivity index (χ2n) is 14.0. The first-order valence-corrected chi connectivity index (χ1v) is 19.1. The van der Waals surface area contributed by atoms with Crippen molar-refractivity contribution in [3.8, 4) is 43.8 Å². The molecular weight excluding hydrogens is 659 g/mol. The third-order valence-corrected chi connectivity index (χ3v) is 12.5. The summed E-state index contributed by atoms with van der Waals surface area (Å²) >= 11 is 1.93. The van der Waals surface area contributed by atoms with E-state index in [1.54, 1.807) is 0 Å². The average molecular weight is 692 g/mol. The fourth-order valence-corrected chi connectivity index (χ4v) is 10.5. The summed E-state index contributed by atoms with van der Waals surface area (Å²) in [7, 11) is 0. The van der Waals surface area contributed by atoms with Crippen molar-refractivity contribution in [2.45, 2.75) is 5.41 Å². The lowest BCUT2D eigenvalue weighted by molar-refractivity contribution is 0.802. The molecule has 8 aromatic carbocycles. The van der Waals surface area contributed by atoms with Gasteiger partial charge in [-0.2, -0.15) is 0 Å². The van der Waals surface area contributed by atoms with E-state index in [0.29, 0.717) is 0 Å². The SMILES string of the molecule is c1ccc(-c2ccc(N(c3ccccc3-c3ccccc3)c3cccc4c3-c3sc5ccccc5c3C43c4ccccc4-c4ccccc43)cc2)cc1. The molecule has 0 aliphatic heterocycles. The first kappa shape index (κ1) is 30.2. The van der Waals surface area contributed by atoms with Crippen molar-refractivity contribution in [1.29, 1.82) is 0 Å². The van der Waals surface area contributed by atoms with Crippen molar-refractivity contribution in [2.75, 3.05) is 4.90 Å². The molecule has 0 N–H and O–H groups in total. The second-order valence-corrected chi connectivity index (χ2v) is 15.0. The first-order chi connectivity index (χ1) is 26.3. The lowest BCUT2D eigenvalue weighted by atomic mass is 9.70. The molecule has 2 heteroatoms. The number of hydrogen-bond acceptors (Lipinski definition) is 2. The van der Waals surface area contributed by atoms with E-state index < -0.39 is 5.41 Å². The Morgan fingerprint density at radius 2 is 0.906 bits per heavy atom. The number of hydrogen-bond donors (Lipinski definition) is 0. The zero-order chi connectivity index (χ0) is 34.9. The second kappa shape index (κ2) is 11.8. The molecule has 53 heavy (non-hydrogen) atoms. The summed E-state index contributed by atoms with van der Waals surface area (Å²) < 4.78 is 1.32. The van der Waals surface area contributed by atoms with Gasteiger partial charge in [-0.3, -0.25) is 0 Å². The summed E-state index contributed by atoms with van der Waals surface area (Å²) in [5, 5.41) is 1.34. The fourth-order valence-electron chi connectivity index (χ4n) is 9.17. The standard InChI is InChI=1S/C51H33NS/c1-3-16-34(17-4-1)35-30-32-37(33-31-35)52(45-27-13-9-20-38(45)36-18-5-2-6-19-36)46-28-15-26-44-48(46)50-49(41-23-10-14-29-47(41)53-50)51(44)42-24-11-7-21-39(42)40-22-8-12-25-43(40)51/h1-33H. The highest BCUT2D eigenvalue weighted by Gasteiger charge is 2.54. The van der Waals surface area contributed by atoms with Crippen molar-refractivity contribution in [3.05, 3.63) is 222 Å². The molecule has 9 aromatic rings. The Bertz CT molecular complexity index is 2790. The number of benzene rings is 8. The molecular formula is C51H33NS. The van der Waals surface area contributed by atoms with Crippen LogP contribution in [0.2, 0.25) is 0 Å². The van der Waals surface area contributed by atoms with Crippen LogP contribution in [-0.4, -0.2) is 0 Å². The van der Waals surface area contributed by atoms with Gasteiger partial charge in [0.15, 0.2) is 0 Å². The van der Waals surface area contributed by atoms with Crippen molar-refractivity contribution in [1.82, 2.24) is 0 Å². The number of thiophene rings is 1. The van der Waals surface area contributed by atoms with Gasteiger partial charge in [0, 0.05) is 26.4 Å². The van der Waals surface area contributed by atoms with Crippen LogP contribution >= 0.6 is 11.3 Å². The molecule has 2 aliphatic carbocycles. The van der Waals surface area contributed by atoms with Crippen LogP contribution < -0.4 is 4.90 Å². The van der Waals surface area contributed by atoms with E-state index in [2.05, 4.69) is 205 Å². The lowest BCUT2D eigenvalue weighted by Gasteiger charge is -2.32. The highest BCUT2D eigenvalue weighted by molar-refractivity contribution is 7.22. The summed E-state index contributed by atoms with van der Waals surface area (Å²) in [6, 6.07) is 73.7. The molecule has 1 nitrogen and oxygen atoms in total. The van der Waals surface area contributed by atoms with Gasteiger partial charge in [0.05, 0.1) is 16.8 Å². The molecule has 11 rings (SSSR count). The maximum absolute atomic E-state index is 2.51. The topological polar surface area (TPSA) is 3.24 Å². The predicted octanol–water partition coefficient (Wildman–Crippen LogP) is 14.0. The molecule has 0 atom stereocenters. The van der Waals surface area contributed by atoms with Crippen molar-refractivity contribution in [2.24, 2.45) is 0 Å². The molecule has 0 amide bonds. The van der Waals surface area contributed by atoms with E-state index in [-0.39, 0.29) is 0 Å². The number of para-hydroxylation sites is 1. The number of nitrogens with zero attached hydrogens (tertiary/aromatic N) is 1. The first-order valence-electron chi connectivity index (χ1n) is 18.3. The largest absolute Gasteiger partial charge is 0.309 e. The van der Waals surface area contributed by atoms with Crippen LogP contribution in [0, 0.1) is 0 Å². The van der Waals surface area contributed by atoms with E-state index in [4.69, 9.17) is 0 Å². The molecule has 248 valence electrons. The van der Waals surface area contributed by atoms with Gasteiger partial charge in [0.25, 0.3) is 0 Å². The third-order valence-electron chi connectivity index (χ3n) is 11.3. The summed E-state index contributed by atoms with van der Waals surface area (Å²) in [5.74, 6) is 0. The smallest absolute Gasteiger partial charge is 0.0740 e. The van der Waals surface area contributed by atoms with Crippen molar-refractivity contribution < 1.29 is 0 Å². The average Bonchev–Trinajstić information content (AvgIpc) is 3.86. The Morgan fingerprint density at radius 3 is 1.62 bits per heavy atom. The summed E-state index contributed by atoms with van der Waals surface area (Å²) in [6.45, 7) is 0. The molecule has 0 unspecified atom stereocenters.